The molecule has 3 nitrogen and oxygen atoms in total. The van der Waals surface area contributed by atoms with Gasteiger partial charge < -0.3 is 10.0 Å². The summed E-state index contributed by atoms with van der Waals surface area (Å²) in [7, 11) is 0. The summed E-state index contributed by atoms with van der Waals surface area (Å²) < 4.78 is 0.704. The highest BCUT2D eigenvalue weighted by molar-refractivity contribution is 7.16. The highest BCUT2D eigenvalue weighted by atomic mass is 35.5. The Kier molecular flexibility index (Phi) is 4.23. The molecule has 0 aliphatic carbocycles. The van der Waals surface area contributed by atoms with Crippen molar-refractivity contribution >= 4 is 28.8 Å². The number of amides is 1. The van der Waals surface area contributed by atoms with Crippen LogP contribution in [-0.4, -0.2) is 34.1 Å². The molecule has 0 unspecified atom stereocenters. The van der Waals surface area contributed by atoms with Gasteiger partial charge in [-0.05, 0) is 45.7 Å². The summed E-state index contributed by atoms with van der Waals surface area (Å²) in [5.41, 5.74) is -0.848. The molecule has 2 heterocycles. The van der Waals surface area contributed by atoms with Gasteiger partial charge in [-0.2, -0.15) is 0 Å². The van der Waals surface area contributed by atoms with E-state index in [1.807, 2.05) is 24.0 Å². The van der Waals surface area contributed by atoms with E-state index in [2.05, 4.69) is 0 Å². The van der Waals surface area contributed by atoms with Crippen LogP contribution in [0.15, 0.2) is 12.1 Å². The van der Waals surface area contributed by atoms with Crippen molar-refractivity contribution in [2.24, 2.45) is 0 Å². The average molecular weight is 302 g/mol. The molecular formula is C14H20ClNO2S. The van der Waals surface area contributed by atoms with E-state index in [4.69, 9.17) is 11.6 Å². The maximum Gasteiger partial charge on any atom is 0.231 e. The Morgan fingerprint density at radius 3 is 2.79 bits per heavy atom. The normalized spacial score (nSPS) is 21.7. The van der Waals surface area contributed by atoms with Crippen LogP contribution in [0.3, 0.4) is 0 Å². The summed E-state index contributed by atoms with van der Waals surface area (Å²) in [6, 6.07) is 3.64. The van der Waals surface area contributed by atoms with Crippen molar-refractivity contribution in [2.45, 2.75) is 51.2 Å². The van der Waals surface area contributed by atoms with Crippen molar-refractivity contribution in [1.29, 1.82) is 0 Å². The standard InChI is InChI=1S/C14H20ClNO2S/c1-9(10-6-7-12(15)19-10)13(17)16-8-4-5-11(16)14(2,3)18/h6-7,9,11,18H,4-5,8H2,1-3H3/t9-,11-/m1/s1. The first-order chi connectivity index (χ1) is 8.80. The van der Waals surface area contributed by atoms with E-state index < -0.39 is 5.60 Å². The minimum absolute atomic E-state index is 0.0853. The van der Waals surface area contributed by atoms with E-state index in [-0.39, 0.29) is 17.9 Å². The first-order valence-corrected chi connectivity index (χ1v) is 7.78. The number of nitrogens with zero attached hydrogens (tertiary/aromatic N) is 1. The lowest BCUT2D eigenvalue weighted by atomic mass is 9.95. The van der Waals surface area contributed by atoms with Crippen LogP contribution < -0.4 is 0 Å². The highest BCUT2D eigenvalue weighted by Gasteiger charge is 2.40. The van der Waals surface area contributed by atoms with E-state index in [9.17, 15) is 9.90 Å². The van der Waals surface area contributed by atoms with Crippen molar-refractivity contribution in [3.63, 3.8) is 0 Å². The maximum absolute atomic E-state index is 12.6. The lowest BCUT2D eigenvalue weighted by molar-refractivity contribution is -0.137. The van der Waals surface area contributed by atoms with Gasteiger partial charge in [0.15, 0.2) is 0 Å². The zero-order chi connectivity index (χ0) is 14.2. The highest BCUT2D eigenvalue weighted by Crippen LogP contribution is 2.33. The van der Waals surface area contributed by atoms with Gasteiger partial charge in [-0.3, -0.25) is 4.79 Å². The lowest BCUT2D eigenvalue weighted by Crippen LogP contribution is -2.49. The number of likely N-dealkylation sites (tertiary alicyclic amines) is 1. The van der Waals surface area contributed by atoms with Gasteiger partial charge in [-0.25, -0.2) is 0 Å². The molecule has 106 valence electrons. The van der Waals surface area contributed by atoms with E-state index in [0.29, 0.717) is 4.34 Å². The summed E-state index contributed by atoms with van der Waals surface area (Å²) in [6.07, 6.45) is 1.82. The summed E-state index contributed by atoms with van der Waals surface area (Å²) in [4.78, 5) is 15.4. The van der Waals surface area contributed by atoms with Gasteiger partial charge in [0.2, 0.25) is 5.91 Å². The fraction of sp³-hybridized carbons (Fsp3) is 0.643. The zero-order valence-corrected chi connectivity index (χ0v) is 13.1. The van der Waals surface area contributed by atoms with Crippen molar-refractivity contribution < 1.29 is 9.90 Å². The Morgan fingerprint density at radius 2 is 2.26 bits per heavy atom. The molecule has 2 atom stereocenters. The maximum atomic E-state index is 12.6. The average Bonchev–Trinajstić information content (AvgIpc) is 2.94. The number of aliphatic hydroxyl groups is 1. The molecule has 0 aromatic carbocycles. The zero-order valence-electron chi connectivity index (χ0n) is 11.5. The molecule has 0 spiro atoms. The molecule has 0 radical (unpaired) electrons. The molecule has 1 aliphatic heterocycles. The molecular weight excluding hydrogens is 282 g/mol. The van der Waals surface area contributed by atoms with Crippen LogP contribution in [0.25, 0.3) is 0 Å². The molecule has 1 aromatic rings. The van der Waals surface area contributed by atoms with Crippen molar-refractivity contribution in [3.05, 3.63) is 21.3 Å². The number of rotatable bonds is 3. The van der Waals surface area contributed by atoms with Crippen LogP contribution in [0.1, 0.15) is 44.4 Å². The van der Waals surface area contributed by atoms with Crippen LogP contribution in [-0.2, 0) is 4.79 Å². The van der Waals surface area contributed by atoms with Crippen LogP contribution in [0, 0.1) is 0 Å². The summed E-state index contributed by atoms with van der Waals surface area (Å²) in [6.45, 7) is 6.19. The first kappa shape index (κ1) is 14.8. The summed E-state index contributed by atoms with van der Waals surface area (Å²) in [5, 5.41) is 10.2. The number of thiophene rings is 1. The van der Waals surface area contributed by atoms with E-state index in [0.717, 1.165) is 24.3 Å². The predicted octanol–water partition coefficient (Wildman–Crippen LogP) is 3.27. The molecule has 2 rings (SSSR count). The molecule has 1 amide bonds. The van der Waals surface area contributed by atoms with Gasteiger partial charge in [0.05, 0.1) is 21.9 Å². The van der Waals surface area contributed by atoms with Gasteiger partial charge in [-0.15, -0.1) is 11.3 Å². The minimum atomic E-state index is -0.848. The monoisotopic (exact) mass is 301 g/mol. The Morgan fingerprint density at radius 1 is 1.58 bits per heavy atom. The van der Waals surface area contributed by atoms with Crippen LogP contribution in [0.2, 0.25) is 4.34 Å². The van der Waals surface area contributed by atoms with Gasteiger partial charge in [0.25, 0.3) is 0 Å². The second-order valence-corrected chi connectivity index (χ2v) is 7.45. The fourth-order valence-corrected chi connectivity index (χ4v) is 3.80. The second-order valence-electron chi connectivity index (χ2n) is 5.71. The van der Waals surface area contributed by atoms with Crippen LogP contribution in [0.5, 0.6) is 0 Å². The van der Waals surface area contributed by atoms with Gasteiger partial charge in [-0.1, -0.05) is 11.6 Å². The van der Waals surface area contributed by atoms with E-state index in [1.165, 1.54) is 11.3 Å². The molecule has 1 aromatic heterocycles. The number of hydrogen-bond acceptors (Lipinski definition) is 3. The quantitative estimate of drug-likeness (QED) is 0.931. The Labute approximate surface area is 123 Å². The molecule has 5 heteroatoms. The topological polar surface area (TPSA) is 40.5 Å². The Hall–Kier alpha value is -0.580. The fourth-order valence-electron chi connectivity index (χ4n) is 2.70. The summed E-state index contributed by atoms with van der Waals surface area (Å²) in [5.74, 6) is -0.108. The number of halogens is 1. The Bertz CT molecular complexity index is 466. The number of hydrogen-bond donors (Lipinski definition) is 1. The molecule has 0 bridgehead atoms. The third-order valence-corrected chi connectivity index (χ3v) is 5.16. The first-order valence-electron chi connectivity index (χ1n) is 6.59. The SMILES string of the molecule is C[C@@H](C(=O)N1CCC[C@@H]1C(C)(C)O)c1ccc(Cl)s1. The van der Waals surface area contributed by atoms with Gasteiger partial charge in [0, 0.05) is 11.4 Å². The predicted molar refractivity (Wildman–Crippen MR) is 78.8 cm³/mol. The summed E-state index contributed by atoms with van der Waals surface area (Å²) >= 11 is 7.37. The Balaban J connectivity index is 2.15. The molecule has 1 N–H and O–H groups in total. The molecule has 1 fully saturated rings. The second kappa shape index (κ2) is 5.43. The molecule has 0 saturated carbocycles. The largest absolute Gasteiger partial charge is 0.388 e. The van der Waals surface area contributed by atoms with E-state index in [1.54, 1.807) is 13.8 Å². The molecule has 1 aliphatic rings. The smallest absolute Gasteiger partial charge is 0.231 e. The molecule has 1 saturated heterocycles. The van der Waals surface area contributed by atoms with Crippen molar-refractivity contribution in [3.8, 4) is 0 Å². The molecule has 19 heavy (non-hydrogen) atoms. The lowest BCUT2D eigenvalue weighted by Gasteiger charge is -2.35. The number of carbonyl (C=O) groups is 1. The van der Waals surface area contributed by atoms with E-state index >= 15 is 0 Å². The van der Waals surface area contributed by atoms with Crippen molar-refractivity contribution in [2.75, 3.05) is 6.54 Å². The van der Waals surface area contributed by atoms with Gasteiger partial charge in [0.1, 0.15) is 0 Å². The van der Waals surface area contributed by atoms with Crippen molar-refractivity contribution in [1.82, 2.24) is 4.90 Å². The third-order valence-electron chi connectivity index (χ3n) is 3.74. The van der Waals surface area contributed by atoms with Crippen LogP contribution >= 0.6 is 22.9 Å². The van der Waals surface area contributed by atoms with Crippen LogP contribution in [0.4, 0.5) is 0 Å². The minimum Gasteiger partial charge on any atom is -0.388 e. The third kappa shape index (κ3) is 3.12. The number of carbonyl (C=O) groups excluding carboxylic acids is 1. The van der Waals surface area contributed by atoms with Gasteiger partial charge >= 0.3 is 0 Å².